The van der Waals surface area contributed by atoms with E-state index in [4.69, 9.17) is 5.11 Å². The molecule has 1 aromatic rings. The number of hydrogen-bond acceptors (Lipinski definition) is 3. The summed E-state index contributed by atoms with van der Waals surface area (Å²) in [4.78, 5) is 14.7. The molecule has 3 rings (SSSR count). The van der Waals surface area contributed by atoms with Gasteiger partial charge >= 0.3 is 5.97 Å². The van der Waals surface area contributed by atoms with Crippen molar-refractivity contribution in [1.82, 2.24) is 10.3 Å². The van der Waals surface area contributed by atoms with Gasteiger partial charge in [0.25, 0.3) is 0 Å². The summed E-state index contributed by atoms with van der Waals surface area (Å²) >= 11 is 0. The molecule has 2 bridgehead atoms. The Morgan fingerprint density at radius 1 is 1.47 bits per heavy atom. The molecule has 4 heteroatoms. The van der Waals surface area contributed by atoms with Gasteiger partial charge in [0, 0.05) is 18.3 Å². The van der Waals surface area contributed by atoms with Crippen LogP contribution in [0, 0.1) is 0 Å². The van der Waals surface area contributed by atoms with Crippen molar-refractivity contribution in [2.45, 2.75) is 31.3 Å². The van der Waals surface area contributed by atoms with Gasteiger partial charge in [-0.1, -0.05) is 6.08 Å². The minimum Gasteiger partial charge on any atom is -0.477 e. The number of pyridine rings is 1. The summed E-state index contributed by atoms with van der Waals surface area (Å²) in [6.07, 6.45) is 7.18. The van der Waals surface area contributed by atoms with E-state index in [1.165, 1.54) is 18.4 Å². The highest BCUT2D eigenvalue weighted by atomic mass is 16.4. The molecule has 0 aromatic carbocycles. The van der Waals surface area contributed by atoms with Gasteiger partial charge in [0.1, 0.15) is 5.69 Å². The van der Waals surface area contributed by atoms with Crippen molar-refractivity contribution in [2.75, 3.05) is 0 Å². The van der Waals surface area contributed by atoms with Crippen molar-refractivity contribution in [2.24, 2.45) is 0 Å². The Hall–Kier alpha value is -1.68. The van der Waals surface area contributed by atoms with E-state index in [2.05, 4.69) is 16.4 Å². The molecule has 0 aliphatic carbocycles. The van der Waals surface area contributed by atoms with Crippen molar-refractivity contribution < 1.29 is 9.90 Å². The average molecular weight is 230 g/mol. The summed E-state index contributed by atoms with van der Waals surface area (Å²) in [5.74, 6) is -0.968. The first-order chi connectivity index (χ1) is 8.22. The van der Waals surface area contributed by atoms with Crippen LogP contribution < -0.4 is 5.32 Å². The fraction of sp³-hybridized carbons (Fsp3) is 0.385. The molecular weight excluding hydrogens is 216 g/mol. The molecule has 2 unspecified atom stereocenters. The second-order valence-electron chi connectivity index (χ2n) is 4.68. The number of aromatic carboxylic acids is 1. The maximum Gasteiger partial charge on any atom is 0.354 e. The van der Waals surface area contributed by atoms with Crippen LogP contribution in [0.3, 0.4) is 0 Å². The lowest BCUT2D eigenvalue weighted by Gasteiger charge is -2.21. The van der Waals surface area contributed by atoms with E-state index in [0.29, 0.717) is 12.1 Å². The molecule has 1 saturated heterocycles. The van der Waals surface area contributed by atoms with Crippen molar-refractivity contribution in [3.63, 3.8) is 0 Å². The standard InChI is InChI=1S/C13H14N2O2/c16-13(17)12-7-8(3-4-14-12)9-5-10-1-2-11(6-9)15-10/h3-5,7,10-11,15H,1-2,6H2,(H,16,17). The van der Waals surface area contributed by atoms with E-state index in [0.717, 1.165) is 12.0 Å². The molecule has 0 spiro atoms. The van der Waals surface area contributed by atoms with Crippen LogP contribution in [0.1, 0.15) is 35.3 Å². The van der Waals surface area contributed by atoms with Crippen LogP contribution in [0.5, 0.6) is 0 Å². The summed E-state index contributed by atoms with van der Waals surface area (Å²) in [6.45, 7) is 0. The summed E-state index contributed by atoms with van der Waals surface area (Å²) in [5.41, 5.74) is 2.37. The van der Waals surface area contributed by atoms with Crippen molar-refractivity contribution >= 4 is 11.5 Å². The molecule has 88 valence electrons. The van der Waals surface area contributed by atoms with Crippen LogP contribution in [-0.2, 0) is 0 Å². The normalized spacial score (nSPS) is 26.7. The number of carbonyl (C=O) groups is 1. The largest absolute Gasteiger partial charge is 0.477 e. The minimum atomic E-state index is -0.968. The third kappa shape index (κ3) is 1.96. The fourth-order valence-corrected chi connectivity index (χ4v) is 2.68. The first-order valence-electron chi connectivity index (χ1n) is 5.89. The molecule has 2 aliphatic rings. The van der Waals surface area contributed by atoms with Gasteiger partial charge in [-0.25, -0.2) is 9.78 Å². The molecule has 0 radical (unpaired) electrons. The van der Waals surface area contributed by atoms with Gasteiger partial charge in [-0.3, -0.25) is 0 Å². The van der Waals surface area contributed by atoms with Gasteiger partial charge in [0.05, 0.1) is 0 Å². The minimum absolute atomic E-state index is 0.120. The number of nitrogens with zero attached hydrogens (tertiary/aromatic N) is 1. The number of rotatable bonds is 2. The molecule has 0 amide bonds. The smallest absolute Gasteiger partial charge is 0.354 e. The van der Waals surface area contributed by atoms with Gasteiger partial charge in [0.2, 0.25) is 0 Å². The monoisotopic (exact) mass is 230 g/mol. The Labute approximate surface area is 99.4 Å². The molecule has 1 aromatic heterocycles. The topological polar surface area (TPSA) is 62.2 Å². The van der Waals surface area contributed by atoms with Gasteiger partial charge < -0.3 is 10.4 Å². The molecule has 2 N–H and O–H groups in total. The van der Waals surface area contributed by atoms with Gasteiger partial charge in [0.15, 0.2) is 0 Å². The predicted octanol–water partition coefficient (Wildman–Crippen LogP) is 1.69. The van der Waals surface area contributed by atoms with Gasteiger partial charge in [-0.05, 0) is 42.5 Å². The number of carboxylic acids is 1. The molecule has 3 heterocycles. The van der Waals surface area contributed by atoms with Gasteiger partial charge in [-0.2, -0.15) is 0 Å². The van der Waals surface area contributed by atoms with E-state index in [9.17, 15) is 4.79 Å². The van der Waals surface area contributed by atoms with E-state index >= 15 is 0 Å². The number of aromatic nitrogens is 1. The quantitative estimate of drug-likeness (QED) is 0.811. The van der Waals surface area contributed by atoms with E-state index in [-0.39, 0.29) is 5.69 Å². The van der Waals surface area contributed by atoms with Crippen molar-refractivity contribution in [3.8, 4) is 0 Å². The Morgan fingerprint density at radius 2 is 2.35 bits per heavy atom. The third-order valence-electron chi connectivity index (χ3n) is 3.49. The lowest BCUT2D eigenvalue weighted by molar-refractivity contribution is 0.0690. The second kappa shape index (κ2) is 3.96. The highest BCUT2D eigenvalue weighted by molar-refractivity contribution is 5.86. The number of fused-ring (bicyclic) bond motifs is 2. The summed E-state index contributed by atoms with van der Waals surface area (Å²) < 4.78 is 0. The molecule has 2 atom stereocenters. The highest BCUT2D eigenvalue weighted by Crippen LogP contribution is 2.31. The number of carboxylic acid groups (broad SMARTS) is 1. The average Bonchev–Trinajstić information content (AvgIpc) is 2.68. The third-order valence-corrected chi connectivity index (χ3v) is 3.49. The lowest BCUT2D eigenvalue weighted by atomic mass is 9.96. The van der Waals surface area contributed by atoms with E-state index < -0.39 is 5.97 Å². The van der Waals surface area contributed by atoms with Crippen LogP contribution >= 0.6 is 0 Å². The fourth-order valence-electron chi connectivity index (χ4n) is 2.68. The zero-order valence-corrected chi connectivity index (χ0v) is 9.39. The Balaban J connectivity index is 1.94. The van der Waals surface area contributed by atoms with Crippen LogP contribution in [-0.4, -0.2) is 28.1 Å². The van der Waals surface area contributed by atoms with Crippen LogP contribution in [0.15, 0.2) is 24.4 Å². The SMILES string of the molecule is O=C(O)c1cc(C2=CC3CCC(C2)N3)ccn1. The Kier molecular flexibility index (Phi) is 2.44. The van der Waals surface area contributed by atoms with Crippen molar-refractivity contribution in [1.29, 1.82) is 0 Å². The molecule has 0 saturated carbocycles. The predicted molar refractivity (Wildman–Crippen MR) is 63.7 cm³/mol. The molecular formula is C13H14N2O2. The van der Waals surface area contributed by atoms with Gasteiger partial charge in [-0.15, -0.1) is 0 Å². The van der Waals surface area contributed by atoms with Crippen LogP contribution in [0.4, 0.5) is 0 Å². The lowest BCUT2D eigenvalue weighted by Crippen LogP contribution is -2.31. The van der Waals surface area contributed by atoms with E-state index in [1.54, 1.807) is 12.3 Å². The number of nitrogens with one attached hydrogen (secondary N) is 1. The van der Waals surface area contributed by atoms with Crippen LogP contribution in [0.2, 0.25) is 0 Å². The summed E-state index contributed by atoms with van der Waals surface area (Å²) in [6, 6.07) is 4.58. The molecule has 17 heavy (non-hydrogen) atoms. The molecule has 2 aliphatic heterocycles. The van der Waals surface area contributed by atoms with E-state index in [1.807, 2.05) is 6.07 Å². The van der Waals surface area contributed by atoms with Crippen molar-refractivity contribution in [3.05, 3.63) is 35.7 Å². The zero-order valence-electron chi connectivity index (χ0n) is 9.39. The Bertz CT molecular complexity index is 496. The zero-order chi connectivity index (χ0) is 11.8. The number of hydrogen-bond donors (Lipinski definition) is 2. The first kappa shape index (κ1) is 10.5. The summed E-state index contributed by atoms with van der Waals surface area (Å²) in [7, 11) is 0. The Morgan fingerprint density at radius 3 is 3.12 bits per heavy atom. The van der Waals surface area contributed by atoms with Crippen LogP contribution in [0.25, 0.3) is 5.57 Å². The maximum absolute atomic E-state index is 10.9. The molecule has 4 nitrogen and oxygen atoms in total. The summed E-state index contributed by atoms with van der Waals surface area (Å²) in [5, 5.41) is 12.4. The molecule has 1 fully saturated rings. The maximum atomic E-state index is 10.9. The first-order valence-corrected chi connectivity index (χ1v) is 5.89. The highest BCUT2D eigenvalue weighted by Gasteiger charge is 2.28. The second-order valence-corrected chi connectivity index (χ2v) is 4.68.